The van der Waals surface area contributed by atoms with E-state index in [0.717, 1.165) is 35.5 Å². The molecule has 0 aliphatic carbocycles. The highest BCUT2D eigenvalue weighted by molar-refractivity contribution is 6.30. The van der Waals surface area contributed by atoms with Crippen LogP contribution in [-0.2, 0) is 7.05 Å². The Morgan fingerprint density at radius 2 is 2.22 bits per heavy atom. The Morgan fingerprint density at radius 1 is 1.43 bits per heavy atom. The van der Waals surface area contributed by atoms with Gasteiger partial charge in [-0.2, -0.15) is 5.10 Å². The third-order valence-corrected chi connectivity index (χ3v) is 4.52. The van der Waals surface area contributed by atoms with Gasteiger partial charge in [0.2, 0.25) is 0 Å². The van der Waals surface area contributed by atoms with E-state index in [2.05, 4.69) is 10.4 Å². The zero-order valence-corrected chi connectivity index (χ0v) is 14.3. The highest BCUT2D eigenvalue weighted by Crippen LogP contribution is 2.33. The average Bonchev–Trinajstić information content (AvgIpc) is 2.65. The van der Waals surface area contributed by atoms with Crippen LogP contribution in [0.15, 0.2) is 18.2 Å². The lowest BCUT2D eigenvalue weighted by Crippen LogP contribution is -2.29. The van der Waals surface area contributed by atoms with Gasteiger partial charge in [0.15, 0.2) is 0 Å². The minimum atomic E-state index is -0.0964. The number of nitrogens with zero attached hydrogens (tertiary/aromatic N) is 2. The fourth-order valence-corrected chi connectivity index (χ4v) is 3.19. The van der Waals surface area contributed by atoms with E-state index in [4.69, 9.17) is 16.3 Å². The number of fused-ring (bicyclic) bond motifs is 1. The molecule has 0 unspecified atom stereocenters. The minimum absolute atomic E-state index is 0.0868. The molecule has 1 amide bonds. The van der Waals surface area contributed by atoms with E-state index in [9.17, 15) is 4.79 Å². The molecule has 1 atom stereocenters. The largest absolute Gasteiger partial charge is 0.493 e. The Kier molecular flexibility index (Phi) is 4.31. The van der Waals surface area contributed by atoms with Crippen molar-refractivity contribution in [3.05, 3.63) is 45.7 Å². The summed E-state index contributed by atoms with van der Waals surface area (Å²) in [7, 11) is 1.84. The van der Waals surface area contributed by atoms with E-state index in [0.29, 0.717) is 17.2 Å². The summed E-state index contributed by atoms with van der Waals surface area (Å²) >= 11 is 6.05. The van der Waals surface area contributed by atoms with Crippen LogP contribution in [0.5, 0.6) is 5.75 Å². The number of hydrogen-bond acceptors (Lipinski definition) is 3. The van der Waals surface area contributed by atoms with Crippen molar-refractivity contribution in [3.63, 3.8) is 0 Å². The van der Waals surface area contributed by atoms with Gasteiger partial charge in [-0.25, -0.2) is 0 Å². The summed E-state index contributed by atoms with van der Waals surface area (Å²) in [4.78, 5) is 12.7. The molecule has 1 aliphatic rings. The van der Waals surface area contributed by atoms with Gasteiger partial charge < -0.3 is 10.1 Å². The standard InChI is InChI=1S/C17H20ClN3O2/c1-10-16(11(2)21(3)20-10)17(22)19-14-5-4-8-23-15-9-12(18)6-7-13(14)15/h6-7,9,14H,4-5,8H2,1-3H3,(H,19,22)/t14-/m0/s1. The van der Waals surface area contributed by atoms with Crippen molar-refractivity contribution in [3.8, 4) is 5.75 Å². The van der Waals surface area contributed by atoms with Crippen molar-refractivity contribution < 1.29 is 9.53 Å². The summed E-state index contributed by atoms with van der Waals surface area (Å²) in [6, 6.07) is 5.48. The second kappa shape index (κ2) is 6.24. The van der Waals surface area contributed by atoms with Crippen LogP contribution in [0.2, 0.25) is 5.02 Å². The van der Waals surface area contributed by atoms with Crippen LogP contribution in [0.25, 0.3) is 0 Å². The Labute approximate surface area is 140 Å². The molecule has 122 valence electrons. The van der Waals surface area contributed by atoms with E-state index in [-0.39, 0.29) is 11.9 Å². The number of amides is 1. The molecular formula is C17H20ClN3O2. The van der Waals surface area contributed by atoms with Gasteiger partial charge >= 0.3 is 0 Å². The highest BCUT2D eigenvalue weighted by Gasteiger charge is 2.25. The number of ether oxygens (including phenoxy) is 1. The second-order valence-electron chi connectivity index (χ2n) is 5.87. The number of rotatable bonds is 2. The van der Waals surface area contributed by atoms with Crippen LogP contribution < -0.4 is 10.1 Å². The first-order valence-electron chi connectivity index (χ1n) is 7.70. The smallest absolute Gasteiger partial charge is 0.255 e. The molecular weight excluding hydrogens is 314 g/mol. The molecule has 0 spiro atoms. The summed E-state index contributed by atoms with van der Waals surface area (Å²) in [5, 5.41) is 8.08. The SMILES string of the molecule is Cc1nn(C)c(C)c1C(=O)N[C@H]1CCCOc2cc(Cl)ccc21. The molecule has 0 bridgehead atoms. The molecule has 1 N–H and O–H groups in total. The number of carbonyl (C=O) groups is 1. The van der Waals surface area contributed by atoms with Crippen LogP contribution in [0.1, 0.15) is 46.2 Å². The maximum Gasteiger partial charge on any atom is 0.255 e. The van der Waals surface area contributed by atoms with Gasteiger partial charge in [-0.05, 0) is 38.8 Å². The summed E-state index contributed by atoms with van der Waals surface area (Å²) in [6.07, 6.45) is 1.71. The van der Waals surface area contributed by atoms with Crippen molar-refractivity contribution in [2.75, 3.05) is 6.61 Å². The molecule has 1 aromatic heterocycles. The molecule has 1 aliphatic heterocycles. The number of halogens is 1. The second-order valence-corrected chi connectivity index (χ2v) is 6.30. The Balaban J connectivity index is 1.89. The summed E-state index contributed by atoms with van der Waals surface area (Å²) < 4.78 is 7.48. The fraction of sp³-hybridized carbons (Fsp3) is 0.412. The maximum absolute atomic E-state index is 12.7. The normalized spacial score (nSPS) is 17.1. The molecule has 6 heteroatoms. The molecule has 2 aromatic rings. The topological polar surface area (TPSA) is 56.2 Å². The average molecular weight is 334 g/mol. The first-order valence-corrected chi connectivity index (χ1v) is 8.08. The van der Waals surface area contributed by atoms with Gasteiger partial charge in [-0.1, -0.05) is 17.7 Å². The molecule has 0 radical (unpaired) electrons. The first kappa shape index (κ1) is 15.9. The van der Waals surface area contributed by atoms with Gasteiger partial charge in [0.05, 0.1) is 23.9 Å². The Morgan fingerprint density at radius 3 is 2.91 bits per heavy atom. The molecule has 3 rings (SSSR count). The van der Waals surface area contributed by atoms with Crippen molar-refractivity contribution in [2.24, 2.45) is 7.05 Å². The van der Waals surface area contributed by atoms with Crippen LogP contribution in [0, 0.1) is 13.8 Å². The zero-order valence-electron chi connectivity index (χ0n) is 13.5. The number of hydrogen-bond donors (Lipinski definition) is 1. The van der Waals surface area contributed by atoms with Crippen LogP contribution in [0.3, 0.4) is 0 Å². The molecule has 1 aromatic carbocycles. The summed E-state index contributed by atoms with van der Waals surface area (Å²) in [5.41, 5.74) is 3.22. The molecule has 2 heterocycles. The molecule has 23 heavy (non-hydrogen) atoms. The number of aromatic nitrogens is 2. The fourth-order valence-electron chi connectivity index (χ4n) is 3.03. The van der Waals surface area contributed by atoms with E-state index >= 15 is 0 Å². The molecule has 0 fully saturated rings. The number of nitrogens with one attached hydrogen (secondary N) is 1. The van der Waals surface area contributed by atoms with Crippen molar-refractivity contribution in [1.82, 2.24) is 15.1 Å². The quantitative estimate of drug-likeness (QED) is 0.917. The van der Waals surface area contributed by atoms with E-state index < -0.39 is 0 Å². The predicted octanol–water partition coefficient (Wildman–Crippen LogP) is 3.33. The number of aryl methyl sites for hydroxylation is 2. The van der Waals surface area contributed by atoms with Gasteiger partial charge in [0.25, 0.3) is 5.91 Å². The molecule has 0 saturated carbocycles. The predicted molar refractivity (Wildman–Crippen MR) is 89.1 cm³/mol. The van der Waals surface area contributed by atoms with Crippen molar-refractivity contribution in [2.45, 2.75) is 32.7 Å². The lowest BCUT2D eigenvalue weighted by Gasteiger charge is -2.18. The molecule has 5 nitrogen and oxygen atoms in total. The minimum Gasteiger partial charge on any atom is -0.493 e. The first-order chi connectivity index (χ1) is 11.0. The maximum atomic E-state index is 12.7. The van der Waals surface area contributed by atoms with Crippen molar-refractivity contribution in [1.29, 1.82) is 0 Å². The van der Waals surface area contributed by atoms with Gasteiger partial charge in [0, 0.05) is 23.3 Å². The van der Waals surface area contributed by atoms with Gasteiger partial charge in [0.1, 0.15) is 5.75 Å². The lowest BCUT2D eigenvalue weighted by molar-refractivity contribution is 0.0933. The van der Waals surface area contributed by atoms with Gasteiger partial charge in [-0.3, -0.25) is 9.48 Å². The third kappa shape index (κ3) is 3.06. The zero-order chi connectivity index (χ0) is 16.6. The van der Waals surface area contributed by atoms with Crippen LogP contribution in [0.4, 0.5) is 0 Å². The van der Waals surface area contributed by atoms with Crippen LogP contribution >= 0.6 is 11.6 Å². The Hall–Kier alpha value is -2.01. The van der Waals surface area contributed by atoms with Gasteiger partial charge in [-0.15, -0.1) is 0 Å². The third-order valence-electron chi connectivity index (χ3n) is 4.29. The number of benzene rings is 1. The van der Waals surface area contributed by atoms with E-state index in [1.54, 1.807) is 4.68 Å². The summed E-state index contributed by atoms with van der Waals surface area (Å²) in [6.45, 7) is 4.38. The lowest BCUT2D eigenvalue weighted by atomic mass is 10.0. The Bertz CT molecular complexity index is 755. The monoisotopic (exact) mass is 333 g/mol. The van der Waals surface area contributed by atoms with Crippen molar-refractivity contribution >= 4 is 17.5 Å². The number of carbonyl (C=O) groups excluding carboxylic acids is 1. The molecule has 0 saturated heterocycles. The van der Waals surface area contributed by atoms with E-state index in [1.807, 2.05) is 39.1 Å². The highest BCUT2D eigenvalue weighted by atomic mass is 35.5. The van der Waals surface area contributed by atoms with E-state index in [1.165, 1.54) is 0 Å². The van der Waals surface area contributed by atoms with Crippen LogP contribution in [-0.4, -0.2) is 22.3 Å². The summed E-state index contributed by atoms with van der Waals surface area (Å²) in [5.74, 6) is 0.654.